The van der Waals surface area contributed by atoms with Gasteiger partial charge in [-0.25, -0.2) is 0 Å². The van der Waals surface area contributed by atoms with Gasteiger partial charge in [0.2, 0.25) is 5.82 Å². The lowest BCUT2D eigenvalue weighted by molar-refractivity contribution is -0.384. The third-order valence-corrected chi connectivity index (χ3v) is 5.32. The van der Waals surface area contributed by atoms with Crippen molar-refractivity contribution in [1.82, 2.24) is 10.1 Å². The van der Waals surface area contributed by atoms with Gasteiger partial charge in [0.1, 0.15) is 11.4 Å². The zero-order valence-corrected chi connectivity index (χ0v) is 16.4. The maximum Gasteiger partial charge on any atom is 0.293 e. The highest BCUT2D eigenvalue weighted by molar-refractivity contribution is 5.71. The van der Waals surface area contributed by atoms with Gasteiger partial charge in [-0.05, 0) is 55.2 Å². The van der Waals surface area contributed by atoms with E-state index in [4.69, 9.17) is 9.26 Å². The Morgan fingerprint density at radius 1 is 1.14 bits per heavy atom. The first kappa shape index (κ1) is 18.9. The largest absolute Gasteiger partial charge is 0.497 e. The van der Waals surface area contributed by atoms with E-state index in [0.717, 1.165) is 37.2 Å². The van der Waals surface area contributed by atoms with E-state index in [1.807, 2.05) is 24.3 Å². The predicted molar refractivity (Wildman–Crippen MR) is 109 cm³/mol. The van der Waals surface area contributed by atoms with Gasteiger partial charge >= 0.3 is 0 Å². The van der Waals surface area contributed by atoms with Crippen LogP contribution in [0.25, 0.3) is 22.8 Å². The van der Waals surface area contributed by atoms with Gasteiger partial charge < -0.3 is 14.2 Å². The molecule has 29 heavy (non-hydrogen) atoms. The minimum atomic E-state index is -0.350. The van der Waals surface area contributed by atoms with E-state index in [9.17, 15) is 10.1 Å². The highest BCUT2D eigenvalue weighted by Crippen LogP contribution is 2.35. The van der Waals surface area contributed by atoms with Crippen LogP contribution in [0.3, 0.4) is 0 Å². The van der Waals surface area contributed by atoms with E-state index in [1.54, 1.807) is 19.2 Å². The van der Waals surface area contributed by atoms with E-state index >= 15 is 0 Å². The Morgan fingerprint density at radius 2 is 1.83 bits per heavy atom. The number of nitro groups is 1. The third kappa shape index (κ3) is 3.91. The number of methoxy groups -OCH3 is 1. The van der Waals surface area contributed by atoms with Crippen molar-refractivity contribution in [2.45, 2.75) is 19.8 Å². The van der Waals surface area contributed by atoms with Crippen LogP contribution in [0.5, 0.6) is 5.75 Å². The summed E-state index contributed by atoms with van der Waals surface area (Å²) in [6, 6.07) is 12.4. The smallest absolute Gasteiger partial charge is 0.293 e. The Morgan fingerprint density at radius 3 is 2.48 bits per heavy atom. The molecule has 0 atom stereocenters. The molecule has 1 aliphatic heterocycles. The fraction of sp³-hybridized carbons (Fsp3) is 0.333. The van der Waals surface area contributed by atoms with Gasteiger partial charge in [0.25, 0.3) is 11.6 Å². The molecule has 0 amide bonds. The van der Waals surface area contributed by atoms with Crippen LogP contribution in [0.15, 0.2) is 47.0 Å². The number of hydrogen-bond donors (Lipinski definition) is 0. The standard InChI is InChI=1S/C21H22N4O4/c1-14-9-11-24(12-10-14)18-8-5-16(13-19(18)25(26)27)21-22-20(23-29-21)15-3-6-17(28-2)7-4-15/h3-8,13-14H,9-12H2,1-2H3. The summed E-state index contributed by atoms with van der Waals surface area (Å²) < 4.78 is 10.5. The molecule has 150 valence electrons. The van der Waals surface area contributed by atoms with E-state index in [1.165, 1.54) is 6.07 Å². The first-order valence-corrected chi connectivity index (χ1v) is 9.57. The number of aromatic nitrogens is 2. The van der Waals surface area contributed by atoms with Crippen molar-refractivity contribution in [2.75, 3.05) is 25.1 Å². The fourth-order valence-corrected chi connectivity index (χ4v) is 3.52. The maximum absolute atomic E-state index is 11.7. The van der Waals surface area contributed by atoms with Crippen LogP contribution in [-0.4, -0.2) is 35.3 Å². The Kier molecular flexibility index (Phi) is 5.16. The summed E-state index contributed by atoms with van der Waals surface area (Å²) in [5, 5.41) is 15.7. The molecular weight excluding hydrogens is 372 g/mol. The molecule has 8 heteroatoms. The van der Waals surface area contributed by atoms with E-state index in [-0.39, 0.29) is 16.5 Å². The van der Waals surface area contributed by atoms with Crippen molar-refractivity contribution >= 4 is 11.4 Å². The molecule has 8 nitrogen and oxygen atoms in total. The lowest BCUT2D eigenvalue weighted by Crippen LogP contribution is -2.33. The Labute approximate surface area is 168 Å². The minimum Gasteiger partial charge on any atom is -0.497 e. The van der Waals surface area contributed by atoms with Crippen LogP contribution in [0.1, 0.15) is 19.8 Å². The minimum absolute atomic E-state index is 0.0567. The quantitative estimate of drug-likeness (QED) is 0.462. The summed E-state index contributed by atoms with van der Waals surface area (Å²) >= 11 is 0. The van der Waals surface area contributed by atoms with Crippen LogP contribution >= 0.6 is 0 Å². The third-order valence-electron chi connectivity index (χ3n) is 5.32. The topological polar surface area (TPSA) is 94.5 Å². The molecule has 0 radical (unpaired) electrons. The zero-order chi connectivity index (χ0) is 20.4. The predicted octanol–water partition coefficient (Wildman–Crippen LogP) is 4.56. The van der Waals surface area contributed by atoms with Gasteiger partial charge in [-0.15, -0.1) is 0 Å². The molecule has 1 aliphatic rings. The molecule has 3 aromatic rings. The molecule has 0 spiro atoms. The second-order valence-electron chi connectivity index (χ2n) is 7.28. The number of benzene rings is 2. The molecule has 1 saturated heterocycles. The molecule has 1 fully saturated rings. The van der Waals surface area contributed by atoms with Crippen LogP contribution in [-0.2, 0) is 0 Å². The number of nitro benzene ring substituents is 1. The summed E-state index contributed by atoms with van der Waals surface area (Å²) in [7, 11) is 1.60. The first-order valence-electron chi connectivity index (χ1n) is 9.57. The number of ether oxygens (including phenoxy) is 1. The Bertz CT molecular complexity index is 1010. The van der Waals surface area contributed by atoms with Crippen LogP contribution in [0, 0.1) is 16.0 Å². The summed E-state index contributed by atoms with van der Waals surface area (Å²) in [6.07, 6.45) is 2.07. The van der Waals surface area contributed by atoms with Crippen molar-refractivity contribution in [3.63, 3.8) is 0 Å². The van der Waals surface area contributed by atoms with Gasteiger partial charge in [0, 0.05) is 30.3 Å². The van der Waals surface area contributed by atoms with Crippen molar-refractivity contribution in [3.8, 4) is 28.6 Å². The normalized spacial score (nSPS) is 14.8. The molecule has 4 rings (SSSR count). The number of nitrogens with zero attached hydrogens (tertiary/aromatic N) is 4. The zero-order valence-electron chi connectivity index (χ0n) is 16.4. The molecule has 0 aliphatic carbocycles. The van der Waals surface area contributed by atoms with Crippen LogP contribution in [0.4, 0.5) is 11.4 Å². The fourth-order valence-electron chi connectivity index (χ4n) is 3.52. The Hall–Kier alpha value is -3.42. The van der Waals surface area contributed by atoms with E-state index in [2.05, 4.69) is 22.0 Å². The van der Waals surface area contributed by atoms with Gasteiger partial charge in [-0.2, -0.15) is 4.98 Å². The van der Waals surface area contributed by atoms with Crippen molar-refractivity contribution < 1.29 is 14.2 Å². The van der Waals surface area contributed by atoms with E-state index < -0.39 is 0 Å². The monoisotopic (exact) mass is 394 g/mol. The van der Waals surface area contributed by atoms with Gasteiger partial charge in [-0.1, -0.05) is 12.1 Å². The van der Waals surface area contributed by atoms with Crippen molar-refractivity contribution in [3.05, 3.63) is 52.6 Å². The van der Waals surface area contributed by atoms with Crippen LogP contribution in [0.2, 0.25) is 0 Å². The van der Waals surface area contributed by atoms with E-state index in [0.29, 0.717) is 23.0 Å². The number of piperidine rings is 1. The lowest BCUT2D eigenvalue weighted by atomic mass is 9.98. The molecule has 1 aromatic heterocycles. The summed E-state index contributed by atoms with van der Waals surface area (Å²) in [5.41, 5.74) is 1.99. The summed E-state index contributed by atoms with van der Waals surface area (Å²) in [4.78, 5) is 17.8. The highest BCUT2D eigenvalue weighted by Gasteiger charge is 2.25. The Balaban J connectivity index is 1.62. The average molecular weight is 394 g/mol. The molecule has 2 aromatic carbocycles. The van der Waals surface area contributed by atoms with Crippen molar-refractivity contribution in [1.29, 1.82) is 0 Å². The van der Waals surface area contributed by atoms with Gasteiger partial charge in [0.15, 0.2) is 0 Å². The molecule has 0 unspecified atom stereocenters. The summed E-state index contributed by atoms with van der Waals surface area (Å²) in [5.74, 6) is 2.05. The number of rotatable bonds is 5. The molecule has 0 saturated carbocycles. The lowest BCUT2D eigenvalue weighted by Gasteiger charge is -2.31. The van der Waals surface area contributed by atoms with Gasteiger partial charge in [-0.3, -0.25) is 10.1 Å². The number of anilines is 1. The SMILES string of the molecule is COc1ccc(-c2noc(-c3ccc(N4CCC(C)CC4)c([N+](=O)[O-])c3)n2)cc1. The second-order valence-corrected chi connectivity index (χ2v) is 7.28. The second kappa shape index (κ2) is 7.90. The molecular formula is C21H22N4O4. The molecule has 0 bridgehead atoms. The van der Waals surface area contributed by atoms with Crippen molar-refractivity contribution in [2.24, 2.45) is 5.92 Å². The average Bonchev–Trinajstić information content (AvgIpc) is 3.24. The first-order chi connectivity index (χ1) is 14.0. The van der Waals surface area contributed by atoms with Gasteiger partial charge in [0.05, 0.1) is 12.0 Å². The van der Waals surface area contributed by atoms with Crippen LogP contribution < -0.4 is 9.64 Å². The molecule has 2 heterocycles. The molecule has 0 N–H and O–H groups in total. The summed E-state index contributed by atoms with van der Waals surface area (Å²) in [6.45, 7) is 3.86. The number of hydrogen-bond acceptors (Lipinski definition) is 7. The maximum atomic E-state index is 11.7. The highest BCUT2D eigenvalue weighted by atomic mass is 16.6.